The molecule has 0 amide bonds. The predicted molar refractivity (Wildman–Crippen MR) is 79.0 cm³/mol. The largest absolute Gasteiger partial charge is 0.296 e. The van der Waals surface area contributed by atoms with E-state index in [1.54, 1.807) is 42.9 Å². The van der Waals surface area contributed by atoms with E-state index in [2.05, 4.69) is 4.72 Å². The summed E-state index contributed by atoms with van der Waals surface area (Å²) < 4.78 is 28.3. The smallest absolute Gasteiger partial charge is 0.283 e. The van der Waals surface area contributed by atoms with Crippen LogP contribution in [0.15, 0.2) is 35.1 Å². The number of hydrogen-bond donors (Lipinski definition) is 1. The second-order valence-corrected chi connectivity index (χ2v) is 6.57. The molecule has 0 aliphatic rings. The maximum absolute atomic E-state index is 12.4. The van der Waals surface area contributed by atoms with Crippen molar-refractivity contribution in [1.82, 2.24) is 9.36 Å². The molecule has 0 atom stereocenters. The zero-order valence-electron chi connectivity index (χ0n) is 11.0. The fraction of sp³-hybridized carbons (Fsp3) is 0.250. The van der Waals surface area contributed by atoms with E-state index in [4.69, 9.17) is 11.6 Å². The Morgan fingerprint density at radius 3 is 2.40 bits per heavy atom. The number of nitrogens with zero attached hydrogens (tertiary/aromatic N) is 2. The maximum atomic E-state index is 12.4. The van der Waals surface area contributed by atoms with E-state index in [9.17, 15) is 13.2 Å². The van der Waals surface area contributed by atoms with Gasteiger partial charge in [0.1, 0.15) is 10.9 Å². The number of halogens is 1. The van der Waals surface area contributed by atoms with Gasteiger partial charge >= 0.3 is 0 Å². The number of nitrogens with one attached hydrogen (secondary N) is 1. The number of para-hydroxylation sites is 1. The van der Waals surface area contributed by atoms with Gasteiger partial charge in [-0.1, -0.05) is 18.2 Å². The first-order chi connectivity index (χ1) is 9.37. The molecule has 0 aliphatic heterocycles. The molecule has 0 aliphatic carbocycles. The third-order valence-electron chi connectivity index (χ3n) is 2.96. The zero-order chi connectivity index (χ0) is 14.9. The minimum absolute atomic E-state index is 0.0111. The molecule has 0 bridgehead atoms. The third-order valence-corrected chi connectivity index (χ3v) is 4.62. The van der Waals surface area contributed by atoms with Gasteiger partial charge in [-0.05, 0) is 19.1 Å². The second kappa shape index (κ2) is 5.34. The number of alkyl halides is 1. The SMILES string of the molecule is Cc1c(NS(=O)(=O)CCl)c(=O)n(-c2ccccc2)n1C. The predicted octanol–water partition coefficient (Wildman–Crippen LogP) is 1.42. The zero-order valence-corrected chi connectivity index (χ0v) is 12.6. The average Bonchev–Trinajstić information content (AvgIpc) is 2.64. The molecule has 108 valence electrons. The summed E-state index contributed by atoms with van der Waals surface area (Å²) in [7, 11) is -2.03. The van der Waals surface area contributed by atoms with Crippen molar-refractivity contribution < 1.29 is 8.42 Å². The quantitative estimate of drug-likeness (QED) is 0.867. The highest BCUT2D eigenvalue weighted by Gasteiger charge is 2.20. The van der Waals surface area contributed by atoms with Gasteiger partial charge in [0.2, 0.25) is 10.0 Å². The van der Waals surface area contributed by atoms with E-state index in [1.165, 1.54) is 4.68 Å². The van der Waals surface area contributed by atoms with E-state index in [-0.39, 0.29) is 5.69 Å². The molecule has 1 N–H and O–H groups in total. The van der Waals surface area contributed by atoms with Gasteiger partial charge in [0, 0.05) is 7.05 Å². The van der Waals surface area contributed by atoms with E-state index in [1.807, 2.05) is 6.07 Å². The van der Waals surface area contributed by atoms with Crippen molar-refractivity contribution >= 4 is 27.3 Å². The van der Waals surface area contributed by atoms with Crippen LogP contribution in [-0.4, -0.2) is 23.0 Å². The molecule has 20 heavy (non-hydrogen) atoms. The average molecular weight is 316 g/mol. The molecule has 6 nitrogen and oxygen atoms in total. The Hall–Kier alpha value is -1.73. The molecule has 2 aromatic rings. The molecule has 0 saturated carbocycles. The molecule has 1 aromatic carbocycles. The highest BCUT2D eigenvalue weighted by atomic mass is 35.5. The summed E-state index contributed by atoms with van der Waals surface area (Å²) in [6.07, 6.45) is 0. The van der Waals surface area contributed by atoms with E-state index in [0.29, 0.717) is 11.4 Å². The molecule has 0 saturated heterocycles. The fourth-order valence-electron chi connectivity index (χ4n) is 1.87. The number of anilines is 1. The number of sulfonamides is 1. The van der Waals surface area contributed by atoms with Gasteiger partial charge in [0.15, 0.2) is 0 Å². The van der Waals surface area contributed by atoms with E-state index < -0.39 is 20.8 Å². The summed E-state index contributed by atoms with van der Waals surface area (Å²) in [5, 5.41) is -0.605. The van der Waals surface area contributed by atoms with Crippen molar-refractivity contribution in [1.29, 1.82) is 0 Å². The number of benzene rings is 1. The van der Waals surface area contributed by atoms with Crippen LogP contribution in [0.5, 0.6) is 0 Å². The van der Waals surface area contributed by atoms with Crippen LogP contribution in [0.3, 0.4) is 0 Å². The molecular weight excluding hydrogens is 302 g/mol. The lowest BCUT2D eigenvalue weighted by Crippen LogP contribution is -2.23. The van der Waals surface area contributed by atoms with Gasteiger partial charge in [-0.2, -0.15) is 0 Å². The molecule has 0 unspecified atom stereocenters. The summed E-state index contributed by atoms with van der Waals surface area (Å²) >= 11 is 5.35. The molecule has 1 aromatic heterocycles. The van der Waals surface area contributed by atoms with Gasteiger partial charge in [-0.25, -0.2) is 13.1 Å². The first-order valence-electron chi connectivity index (χ1n) is 5.78. The molecule has 1 heterocycles. The molecular formula is C12H14ClN3O3S. The number of aromatic nitrogens is 2. The van der Waals surface area contributed by atoms with Crippen LogP contribution in [0.4, 0.5) is 5.69 Å². The molecule has 0 radical (unpaired) electrons. The topological polar surface area (TPSA) is 73.1 Å². The summed E-state index contributed by atoms with van der Waals surface area (Å²) in [5.41, 5.74) is 0.730. The van der Waals surface area contributed by atoms with Gasteiger partial charge in [-0.3, -0.25) is 14.2 Å². The van der Waals surface area contributed by atoms with E-state index in [0.717, 1.165) is 0 Å². The van der Waals surface area contributed by atoms with Gasteiger partial charge in [0.05, 0.1) is 11.4 Å². The molecule has 2 rings (SSSR count). The van der Waals surface area contributed by atoms with Gasteiger partial charge < -0.3 is 0 Å². The van der Waals surface area contributed by atoms with Crippen molar-refractivity contribution in [3.63, 3.8) is 0 Å². The van der Waals surface area contributed by atoms with Gasteiger partial charge in [0.25, 0.3) is 5.56 Å². The highest BCUT2D eigenvalue weighted by molar-refractivity contribution is 7.93. The Labute approximate surface area is 121 Å². The van der Waals surface area contributed by atoms with Crippen molar-refractivity contribution in [2.24, 2.45) is 7.05 Å². The summed E-state index contributed by atoms with van der Waals surface area (Å²) in [6, 6.07) is 8.96. The van der Waals surface area contributed by atoms with Crippen LogP contribution in [0.25, 0.3) is 5.69 Å². The lowest BCUT2D eigenvalue weighted by atomic mass is 10.3. The van der Waals surface area contributed by atoms with E-state index >= 15 is 0 Å². The monoisotopic (exact) mass is 315 g/mol. The van der Waals surface area contributed by atoms with Crippen molar-refractivity contribution in [3.8, 4) is 5.69 Å². The maximum Gasteiger partial charge on any atom is 0.296 e. The summed E-state index contributed by atoms with van der Waals surface area (Å²) in [4.78, 5) is 12.4. The Balaban J connectivity index is 2.62. The van der Waals surface area contributed by atoms with Crippen LogP contribution in [0, 0.1) is 6.92 Å². The Morgan fingerprint density at radius 2 is 1.85 bits per heavy atom. The van der Waals surface area contributed by atoms with Crippen LogP contribution in [0.2, 0.25) is 0 Å². The highest BCUT2D eigenvalue weighted by Crippen LogP contribution is 2.15. The van der Waals surface area contributed by atoms with Crippen LogP contribution in [0.1, 0.15) is 5.69 Å². The first-order valence-corrected chi connectivity index (χ1v) is 7.96. The van der Waals surface area contributed by atoms with Crippen LogP contribution in [-0.2, 0) is 17.1 Å². The standard InChI is InChI=1S/C12H14ClN3O3S/c1-9-11(14-20(18,19)8-13)12(17)16(15(9)2)10-6-4-3-5-7-10/h3-7,14H,8H2,1-2H3. The van der Waals surface area contributed by atoms with Crippen LogP contribution >= 0.6 is 11.6 Å². The third kappa shape index (κ3) is 2.59. The van der Waals surface area contributed by atoms with Crippen molar-refractivity contribution in [2.75, 3.05) is 9.93 Å². The van der Waals surface area contributed by atoms with Crippen molar-refractivity contribution in [2.45, 2.75) is 6.92 Å². The normalized spacial score (nSPS) is 11.6. The Bertz CT molecular complexity index is 778. The lowest BCUT2D eigenvalue weighted by molar-refractivity contribution is 0.605. The lowest BCUT2D eigenvalue weighted by Gasteiger charge is -2.07. The Kier molecular flexibility index (Phi) is 3.92. The first kappa shape index (κ1) is 14.7. The molecule has 0 spiro atoms. The van der Waals surface area contributed by atoms with Gasteiger partial charge in [-0.15, -0.1) is 11.6 Å². The minimum Gasteiger partial charge on any atom is -0.283 e. The second-order valence-electron chi connectivity index (χ2n) is 4.26. The minimum atomic E-state index is -3.71. The summed E-state index contributed by atoms with van der Waals surface area (Å²) in [6.45, 7) is 1.66. The molecule has 8 heteroatoms. The fourth-order valence-corrected chi connectivity index (χ4v) is 2.63. The summed E-state index contributed by atoms with van der Waals surface area (Å²) in [5.74, 6) is 0. The Morgan fingerprint density at radius 1 is 1.25 bits per heavy atom. The van der Waals surface area contributed by atoms with Crippen LogP contribution < -0.4 is 10.3 Å². The number of rotatable bonds is 4. The van der Waals surface area contributed by atoms with Crippen molar-refractivity contribution in [3.05, 3.63) is 46.4 Å². The number of hydrogen-bond acceptors (Lipinski definition) is 3. The molecule has 0 fully saturated rings.